The maximum absolute atomic E-state index is 13.3. The second-order valence-electron chi connectivity index (χ2n) is 7.77. The van der Waals surface area contributed by atoms with Crippen molar-refractivity contribution in [3.63, 3.8) is 0 Å². The van der Waals surface area contributed by atoms with Gasteiger partial charge in [0.05, 0.1) is 11.1 Å². The summed E-state index contributed by atoms with van der Waals surface area (Å²) in [4.78, 5) is 25.7. The Morgan fingerprint density at radius 2 is 1.55 bits per heavy atom. The largest absolute Gasteiger partial charge is 0.342 e. The molecule has 0 bridgehead atoms. The summed E-state index contributed by atoms with van der Waals surface area (Å²) in [7, 11) is 0. The van der Waals surface area contributed by atoms with Gasteiger partial charge in [0.1, 0.15) is 5.82 Å². The molecule has 1 heterocycles. The monoisotopic (exact) mass is 409 g/mol. The van der Waals surface area contributed by atoms with Gasteiger partial charge in [0.15, 0.2) is 11.6 Å². The van der Waals surface area contributed by atoms with E-state index in [0.717, 1.165) is 28.5 Å². The minimum Gasteiger partial charge on any atom is -0.342 e. The number of carbonyl (C=O) groups excluding carboxylic acids is 2. The third kappa shape index (κ3) is 3.21. The zero-order valence-corrected chi connectivity index (χ0v) is 17.1. The average Bonchev–Trinajstić information content (AvgIpc) is 3.26. The molecule has 0 amide bonds. The first-order chi connectivity index (χ1) is 15.1. The summed E-state index contributed by atoms with van der Waals surface area (Å²) in [5.74, 6) is -0.725. The number of benzene rings is 3. The number of aromatic nitrogens is 1. The van der Waals surface area contributed by atoms with E-state index < -0.39 is 0 Å². The van der Waals surface area contributed by atoms with Crippen molar-refractivity contribution in [2.45, 2.75) is 19.9 Å². The molecule has 0 saturated carbocycles. The predicted molar refractivity (Wildman–Crippen MR) is 120 cm³/mol. The van der Waals surface area contributed by atoms with E-state index in [2.05, 4.69) is 17.6 Å². The number of allylic oxidation sites excluding steroid dienone is 1. The fraction of sp³-hybridized carbons (Fsp3) is 0.111. The Balaban J connectivity index is 1.65. The molecule has 0 radical (unpaired) electrons. The summed E-state index contributed by atoms with van der Waals surface area (Å²) < 4.78 is 15.5. The van der Waals surface area contributed by atoms with Crippen LogP contribution in [0.5, 0.6) is 0 Å². The van der Waals surface area contributed by atoms with Crippen molar-refractivity contribution < 1.29 is 14.0 Å². The Morgan fingerprint density at radius 3 is 2.19 bits per heavy atom. The fourth-order valence-corrected chi connectivity index (χ4v) is 4.34. The van der Waals surface area contributed by atoms with E-state index >= 15 is 0 Å². The maximum Gasteiger partial charge on any atom is 0.197 e. The van der Waals surface area contributed by atoms with E-state index in [1.165, 1.54) is 17.7 Å². The number of carbonyl (C=O) groups is 2. The molecule has 0 fully saturated rings. The molecule has 31 heavy (non-hydrogen) atoms. The van der Waals surface area contributed by atoms with Crippen molar-refractivity contribution in [2.75, 3.05) is 0 Å². The highest BCUT2D eigenvalue weighted by Crippen LogP contribution is 2.32. The van der Waals surface area contributed by atoms with Gasteiger partial charge in [0.25, 0.3) is 0 Å². The molecule has 1 aliphatic carbocycles. The number of aryl methyl sites for hydroxylation is 1. The summed E-state index contributed by atoms with van der Waals surface area (Å²) >= 11 is 0. The number of ketones is 2. The smallest absolute Gasteiger partial charge is 0.197 e. The molecule has 0 spiro atoms. The van der Waals surface area contributed by atoms with Crippen LogP contribution in [0.2, 0.25) is 0 Å². The molecule has 5 rings (SSSR count). The van der Waals surface area contributed by atoms with Crippen molar-refractivity contribution in [1.29, 1.82) is 0 Å². The minimum atomic E-state index is -0.265. The van der Waals surface area contributed by atoms with Crippen LogP contribution in [0.4, 0.5) is 4.39 Å². The molecule has 0 aliphatic heterocycles. The number of fused-ring (bicyclic) bond motifs is 2. The molecular weight excluding hydrogens is 389 g/mol. The molecule has 0 unspecified atom stereocenters. The quantitative estimate of drug-likeness (QED) is 0.313. The molecule has 0 saturated heterocycles. The highest BCUT2D eigenvalue weighted by Gasteiger charge is 2.32. The number of Topliss-reactive ketones (excluding diaryl/α,β-unsaturated/α-hetero) is 2. The van der Waals surface area contributed by atoms with E-state index in [0.29, 0.717) is 17.7 Å². The van der Waals surface area contributed by atoms with Gasteiger partial charge >= 0.3 is 0 Å². The molecular formula is C27H20FNO2. The normalized spacial score (nSPS) is 13.2. The fourth-order valence-electron chi connectivity index (χ4n) is 4.34. The summed E-state index contributed by atoms with van der Waals surface area (Å²) in [6.45, 7) is 2.67. The first kappa shape index (κ1) is 19.2. The average molecular weight is 409 g/mol. The number of rotatable bonds is 4. The Bertz CT molecular complexity index is 1340. The van der Waals surface area contributed by atoms with Crippen LogP contribution in [0.15, 0.2) is 78.5 Å². The standard InChI is InChI=1S/C27H20FNO2/c1-2-18-6-5-9-21-19(14-24-26(30)22-7-3-4-8-23(22)27(24)31)16-29(25(18)21)15-17-10-12-20(28)13-11-17/h3-14,16H,2,15H2,1H3. The van der Waals surface area contributed by atoms with E-state index in [1.54, 1.807) is 42.5 Å². The van der Waals surface area contributed by atoms with Crippen LogP contribution in [-0.2, 0) is 13.0 Å². The van der Waals surface area contributed by atoms with Crippen molar-refractivity contribution in [1.82, 2.24) is 4.57 Å². The third-order valence-electron chi connectivity index (χ3n) is 5.87. The molecule has 1 aromatic heterocycles. The number of nitrogens with zero attached hydrogens (tertiary/aromatic N) is 1. The molecule has 4 heteroatoms. The van der Waals surface area contributed by atoms with Crippen LogP contribution < -0.4 is 0 Å². The number of halogens is 1. The predicted octanol–water partition coefficient (Wildman–Crippen LogP) is 5.85. The number of hydrogen-bond acceptors (Lipinski definition) is 2. The Kier molecular flexibility index (Phi) is 4.63. The number of hydrogen-bond donors (Lipinski definition) is 0. The summed E-state index contributed by atoms with van der Waals surface area (Å²) in [5, 5.41) is 0.991. The Hall–Kier alpha value is -3.79. The molecule has 0 atom stereocenters. The van der Waals surface area contributed by atoms with Crippen molar-refractivity contribution >= 4 is 28.5 Å². The summed E-state index contributed by atoms with van der Waals surface area (Å²) in [6, 6.07) is 19.5. The van der Waals surface area contributed by atoms with Gasteiger partial charge in [-0.05, 0) is 35.8 Å². The Morgan fingerprint density at radius 1 is 0.871 bits per heavy atom. The first-order valence-electron chi connectivity index (χ1n) is 10.3. The number of para-hydroxylation sites is 1. The van der Waals surface area contributed by atoms with Crippen LogP contribution in [0.25, 0.3) is 17.0 Å². The van der Waals surface area contributed by atoms with Gasteiger partial charge in [-0.3, -0.25) is 9.59 Å². The van der Waals surface area contributed by atoms with Crippen molar-refractivity contribution in [2.24, 2.45) is 0 Å². The lowest BCUT2D eigenvalue weighted by Gasteiger charge is -2.09. The van der Waals surface area contributed by atoms with E-state index in [9.17, 15) is 14.0 Å². The SMILES string of the molecule is CCc1cccc2c(C=C3C(=O)c4ccccc4C3=O)cn(Cc3ccc(F)cc3)c12. The first-order valence-corrected chi connectivity index (χ1v) is 10.3. The van der Waals surface area contributed by atoms with Gasteiger partial charge < -0.3 is 4.57 Å². The van der Waals surface area contributed by atoms with Crippen LogP contribution in [-0.4, -0.2) is 16.1 Å². The van der Waals surface area contributed by atoms with Crippen LogP contribution in [0.3, 0.4) is 0 Å². The lowest BCUT2D eigenvalue weighted by Crippen LogP contribution is -2.00. The molecule has 4 aromatic rings. The van der Waals surface area contributed by atoms with E-state index in [4.69, 9.17) is 0 Å². The zero-order chi connectivity index (χ0) is 21.5. The molecule has 0 N–H and O–H groups in total. The third-order valence-corrected chi connectivity index (χ3v) is 5.87. The minimum absolute atomic E-state index is 0.198. The second-order valence-corrected chi connectivity index (χ2v) is 7.77. The molecule has 3 nitrogen and oxygen atoms in total. The van der Waals surface area contributed by atoms with E-state index in [-0.39, 0.29) is 23.0 Å². The summed E-state index contributed by atoms with van der Waals surface area (Å²) in [6.07, 6.45) is 4.54. The highest BCUT2D eigenvalue weighted by molar-refractivity contribution is 6.41. The van der Waals surface area contributed by atoms with Gasteiger partial charge in [-0.15, -0.1) is 0 Å². The molecule has 3 aromatic carbocycles. The van der Waals surface area contributed by atoms with Crippen molar-refractivity contribution in [3.8, 4) is 0 Å². The second kappa shape index (κ2) is 7.47. The molecule has 152 valence electrons. The zero-order valence-electron chi connectivity index (χ0n) is 17.1. The lowest BCUT2D eigenvalue weighted by atomic mass is 10.0. The van der Waals surface area contributed by atoms with Gasteiger partial charge in [-0.2, -0.15) is 0 Å². The Labute approximate surface area is 179 Å². The van der Waals surface area contributed by atoms with Crippen LogP contribution in [0.1, 0.15) is 44.3 Å². The van der Waals surface area contributed by atoms with E-state index in [1.807, 2.05) is 18.3 Å². The maximum atomic E-state index is 13.3. The van der Waals surface area contributed by atoms with Gasteiger partial charge in [0.2, 0.25) is 0 Å². The highest BCUT2D eigenvalue weighted by atomic mass is 19.1. The molecule has 1 aliphatic rings. The summed E-state index contributed by atoms with van der Waals surface area (Å²) in [5.41, 5.74) is 5.17. The van der Waals surface area contributed by atoms with Gasteiger partial charge in [0, 0.05) is 34.8 Å². The van der Waals surface area contributed by atoms with Crippen LogP contribution in [0, 0.1) is 5.82 Å². The lowest BCUT2D eigenvalue weighted by molar-refractivity contribution is 0.0990. The van der Waals surface area contributed by atoms with Gasteiger partial charge in [-0.25, -0.2) is 4.39 Å². The van der Waals surface area contributed by atoms with Gasteiger partial charge in [-0.1, -0.05) is 61.5 Å². The van der Waals surface area contributed by atoms with Crippen molar-refractivity contribution in [3.05, 3.63) is 112 Å². The topological polar surface area (TPSA) is 39.1 Å². The van der Waals surface area contributed by atoms with Crippen LogP contribution >= 0.6 is 0 Å².